The summed E-state index contributed by atoms with van der Waals surface area (Å²) in [5, 5.41) is 17.8. The zero-order valence-electron chi connectivity index (χ0n) is 13.8. The van der Waals surface area contributed by atoms with E-state index in [-0.39, 0.29) is 6.17 Å². The van der Waals surface area contributed by atoms with Crippen LogP contribution in [-0.2, 0) is 0 Å². The number of anilines is 1. The number of benzene rings is 2. The lowest BCUT2D eigenvalue weighted by atomic mass is 10.2. The maximum absolute atomic E-state index is 13.7. The van der Waals surface area contributed by atoms with Gasteiger partial charge in [0.05, 0.1) is 16.8 Å². The number of fused-ring (bicyclic) bond motifs is 1. The predicted molar refractivity (Wildman–Crippen MR) is 101 cm³/mol. The summed E-state index contributed by atoms with van der Waals surface area (Å²) in [7, 11) is 1.98. The number of para-hydroxylation sites is 2. The second-order valence-corrected chi connectivity index (χ2v) is 7.42. The summed E-state index contributed by atoms with van der Waals surface area (Å²) in [6.07, 6.45) is -0.267. The quantitative estimate of drug-likeness (QED) is 0.583. The Morgan fingerprint density at radius 1 is 1.21 bits per heavy atom. The van der Waals surface area contributed by atoms with Gasteiger partial charge < -0.3 is 10.5 Å². The average Bonchev–Trinajstić information content (AvgIpc) is 3.12. The number of nitrogens with zero attached hydrogens (tertiary/aromatic N) is 3. The molecule has 0 aliphatic carbocycles. The van der Waals surface area contributed by atoms with Gasteiger partial charge in [0.15, 0.2) is 6.17 Å². The monoisotopic (exact) mass is 340 g/mol. The van der Waals surface area contributed by atoms with Gasteiger partial charge in [-0.05, 0) is 37.7 Å². The Kier molecular flexibility index (Phi) is 3.77. The van der Waals surface area contributed by atoms with Crippen molar-refractivity contribution < 1.29 is 0 Å². The van der Waals surface area contributed by atoms with E-state index in [4.69, 9.17) is 0 Å². The lowest BCUT2D eigenvalue weighted by Gasteiger charge is -2.40. The second-order valence-electron chi connectivity index (χ2n) is 6.41. The van der Waals surface area contributed by atoms with E-state index < -0.39 is 4.65 Å². The third-order valence-electron chi connectivity index (χ3n) is 4.51. The van der Waals surface area contributed by atoms with Gasteiger partial charge >= 0.3 is 0 Å². The topological polar surface area (TPSA) is 51.2 Å². The molecule has 0 bridgehead atoms. The molecule has 124 valence electrons. The number of hydrogen-bond acceptors (Lipinski definition) is 5. The van der Waals surface area contributed by atoms with Gasteiger partial charge in [0, 0.05) is 5.69 Å². The second kappa shape index (κ2) is 5.82. The van der Waals surface area contributed by atoms with Crippen LogP contribution in [-0.4, -0.2) is 36.3 Å². The van der Waals surface area contributed by atoms with Crippen LogP contribution in [0.4, 0.5) is 10.8 Å². The minimum atomic E-state index is -0.454. The molecule has 2 atom stereocenters. The van der Waals surface area contributed by atoms with Gasteiger partial charge in [-0.3, -0.25) is 9.55 Å². The molecule has 5 nitrogen and oxygen atoms in total. The highest BCUT2D eigenvalue weighted by molar-refractivity contribution is 7.22. The number of quaternary nitrogens is 1. The normalized spacial score (nSPS) is 24.5. The van der Waals surface area contributed by atoms with E-state index in [0.29, 0.717) is 18.3 Å². The highest BCUT2D eigenvalue weighted by atomic mass is 32.1. The van der Waals surface area contributed by atoms with E-state index in [1.54, 1.807) is 0 Å². The molecule has 2 unspecified atom stereocenters. The molecule has 1 aliphatic rings. The van der Waals surface area contributed by atoms with E-state index >= 15 is 0 Å². The summed E-state index contributed by atoms with van der Waals surface area (Å²) in [6.45, 7) is 3.15. The van der Waals surface area contributed by atoms with E-state index in [2.05, 4.69) is 28.2 Å². The average molecular weight is 340 g/mol. The standard InChI is InChI=1S/C18H20N4OS/c1-13-7-3-4-8-14(13)19-17-11-21(2)12-22(17,23)18-20-15-9-5-6-10-16(15)24-18/h3-10,17,19H,11-12H2,1-2H3. The summed E-state index contributed by atoms with van der Waals surface area (Å²) in [6, 6.07) is 16.0. The van der Waals surface area contributed by atoms with Crippen molar-refractivity contribution in [1.82, 2.24) is 14.5 Å². The van der Waals surface area contributed by atoms with Gasteiger partial charge in [-0.25, -0.2) is 0 Å². The van der Waals surface area contributed by atoms with E-state index in [9.17, 15) is 5.21 Å². The number of hydroxylamine groups is 2. The predicted octanol–water partition coefficient (Wildman–Crippen LogP) is 3.75. The van der Waals surface area contributed by atoms with Crippen LogP contribution in [0.1, 0.15) is 5.56 Å². The minimum Gasteiger partial charge on any atom is -0.623 e. The first-order chi connectivity index (χ1) is 11.6. The van der Waals surface area contributed by atoms with Gasteiger partial charge in [-0.15, -0.1) is 0 Å². The van der Waals surface area contributed by atoms with Crippen molar-refractivity contribution in [2.45, 2.75) is 13.1 Å². The van der Waals surface area contributed by atoms with Crippen molar-refractivity contribution in [2.24, 2.45) is 0 Å². The largest absolute Gasteiger partial charge is 0.623 e. The zero-order valence-corrected chi connectivity index (χ0v) is 14.6. The van der Waals surface area contributed by atoms with Gasteiger partial charge in [-0.2, -0.15) is 4.98 Å². The zero-order chi connectivity index (χ0) is 16.7. The summed E-state index contributed by atoms with van der Waals surface area (Å²) in [4.78, 5) is 6.69. The Bertz CT molecular complexity index is 847. The maximum Gasteiger partial charge on any atom is 0.290 e. The summed E-state index contributed by atoms with van der Waals surface area (Å²) < 4.78 is 0.606. The Morgan fingerprint density at radius 3 is 2.75 bits per heavy atom. The number of hydrogen-bond donors (Lipinski definition) is 1. The Hall–Kier alpha value is -1.99. The number of rotatable bonds is 3. The minimum absolute atomic E-state index is 0.267. The summed E-state index contributed by atoms with van der Waals surface area (Å²) >= 11 is 1.50. The molecule has 0 spiro atoms. The molecule has 1 saturated heterocycles. The number of aryl methyl sites for hydroxylation is 1. The SMILES string of the molecule is Cc1ccccc1NC1CN(C)C[N+]1([O-])c1nc2ccccc2s1. The molecule has 6 heteroatoms. The molecule has 0 radical (unpaired) electrons. The molecular formula is C18H20N4OS. The fourth-order valence-corrected chi connectivity index (χ4v) is 4.27. The molecule has 0 amide bonds. The number of likely N-dealkylation sites (N-methyl/N-ethyl adjacent to an activating group) is 1. The number of aromatic nitrogens is 1. The van der Waals surface area contributed by atoms with Crippen molar-refractivity contribution in [1.29, 1.82) is 0 Å². The highest BCUT2D eigenvalue weighted by Crippen LogP contribution is 2.37. The maximum atomic E-state index is 13.7. The Morgan fingerprint density at radius 2 is 1.96 bits per heavy atom. The van der Waals surface area contributed by atoms with Crippen molar-refractivity contribution in [2.75, 3.05) is 25.6 Å². The fourth-order valence-electron chi connectivity index (χ4n) is 3.22. The van der Waals surface area contributed by atoms with Crippen LogP contribution in [0.25, 0.3) is 10.2 Å². The Balaban J connectivity index is 1.72. The van der Waals surface area contributed by atoms with E-state index in [1.807, 2.05) is 49.5 Å². The Labute approximate surface area is 145 Å². The van der Waals surface area contributed by atoms with Gasteiger partial charge in [0.1, 0.15) is 6.67 Å². The summed E-state index contributed by atoms with van der Waals surface area (Å²) in [5.41, 5.74) is 3.05. The molecule has 1 N–H and O–H groups in total. The van der Waals surface area contributed by atoms with Gasteiger partial charge in [-0.1, -0.05) is 41.7 Å². The fraction of sp³-hybridized carbons (Fsp3) is 0.278. The van der Waals surface area contributed by atoms with Crippen LogP contribution in [0.2, 0.25) is 0 Å². The lowest BCUT2D eigenvalue weighted by Crippen LogP contribution is -2.52. The molecule has 3 aromatic rings. The van der Waals surface area contributed by atoms with Crippen LogP contribution < -0.4 is 9.96 Å². The smallest absolute Gasteiger partial charge is 0.290 e. The molecule has 2 heterocycles. The van der Waals surface area contributed by atoms with E-state index in [1.165, 1.54) is 11.3 Å². The van der Waals surface area contributed by atoms with Crippen LogP contribution in [0.15, 0.2) is 48.5 Å². The molecule has 1 aliphatic heterocycles. The van der Waals surface area contributed by atoms with E-state index in [0.717, 1.165) is 21.5 Å². The van der Waals surface area contributed by atoms with Crippen LogP contribution in [0.5, 0.6) is 0 Å². The van der Waals surface area contributed by atoms with Crippen LogP contribution in [0, 0.1) is 12.1 Å². The molecule has 1 fully saturated rings. The molecule has 1 aromatic heterocycles. The van der Waals surface area contributed by atoms with Crippen molar-refractivity contribution in [3.05, 3.63) is 59.3 Å². The van der Waals surface area contributed by atoms with Gasteiger partial charge in [0.25, 0.3) is 5.13 Å². The molecule has 2 aromatic carbocycles. The number of nitrogens with one attached hydrogen (secondary N) is 1. The van der Waals surface area contributed by atoms with Crippen LogP contribution in [0.3, 0.4) is 0 Å². The van der Waals surface area contributed by atoms with Crippen molar-refractivity contribution in [3.63, 3.8) is 0 Å². The van der Waals surface area contributed by atoms with Crippen molar-refractivity contribution in [3.8, 4) is 0 Å². The van der Waals surface area contributed by atoms with Crippen molar-refractivity contribution >= 4 is 32.4 Å². The highest BCUT2D eigenvalue weighted by Gasteiger charge is 2.42. The summed E-state index contributed by atoms with van der Waals surface area (Å²) in [5.74, 6) is 0. The molecule has 0 saturated carbocycles. The molecular weight excluding hydrogens is 320 g/mol. The lowest BCUT2D eigenvalue weighted by molar-refractivity contribution is 0.323. The molecule has 4 rings (SSSR count). The van der Waals surface area contributed by atoms with Crippen LogP contribution >= 0.6 is 11.3 Å². The number of thiazole rings is 1. The van der Waals surface area contributed by atoms with Gasteiger partial charge in [0.2, 0.25) is 0 Å². The first kappa shape index (κ1) is 15.5. The first-order valence-electron chi connectivity index (χ1n) is 8.02. The first-order valence-corrected chi connectivity index (χ1v) is 8.83. The third kappa shape index (κ3) is 2.57. The molecule has 24 heavy (non-hydrogen) atoms. The third-order valence-corrected chi connectivity index (χ3v) is 5.66.